The number of ether oxygens (including phenoxy) is 1. The second-order valence-electron chi connectivity index (χ2n) is 7.03. The maximum Gasteiger partial charge on any atom is 0.408 e. The lowest BCUT2D eigenvalue weighted by Crippen LogP contribution is -2.56. The van der Waals surface area contributed by atoms with E-state index < -0.39 is 12.2 Å². The smallest absolute Gasteiger partial charge is 0.377 e. The van der Waals surface area contributed by atoms with E-state index in [1.54, 1.807) is 6.92 Å². The van der Waals surface area contributed by atoms with Gasteiger partial charge in [0.15, 0.2) is 0 Å². The average molecular weight is 374 g/mol. The normalized spacial score (nSPS) is 25.2. The lowest BCUT2D eigenvalue weighted by atomic mass is 10.1. The molecule has 0 aromatic carbocycles. The average Bonchev–Trinajstić information content (AvgIpc) is 2.59. The van der Waals surface area contributed by atoms with Crippen LogP contribution in [0.15, 0.2) is 10.9 Å². The van der Waals surface area contributed by atoms with Crippen LogP contribution in [0.2, 0.25) is 0 Å². The molecule has 0 radical (unpaired) electrons. The first-order valence-electron chi connectivity index (χ1n) is 9.05. The van der Waals surface area contributed by atoms with Gasteiger partial charge in [0.1, 0.15) is 11.9 Å². The minimum absolute atomic E-state index is 0.0118. The maximum absolute atomic E-state index is 13.6. The SMILES string of the molecule is CCC(C)N1c2nc(N3CCOC[C@H]3C)cc(=O)n2CC[C@H]1C(F)(F)F. The van der Waals surface area contributed by atoms with Crippen molar-refractivity contribution >= 4 is 11.8 Å². The molecule has 0 N–H and O–H groups in total. The molecular formula is C17H25F3N4O2. The molecular weight excluding hydrogens is 349 g/mol. The number of nitrogens with zero attached hydrogens (tertiary/aromatic N) is 4. The monoisotopic (exact) mass is 374 g/mol. The van der Waals surface area contributed by atoms with Crippen molar-refractivity contribution < 1.29 is 17.9 Å². The first kappa shape index (κ1) is 19.0. The molecule has 0 amide bonds. The third-order valence-corrected chi connectivity index (χ3v) is 5.27. The van der Waals surface area contributed by atoms with E-state index in [1.165, 1.54) is 15.5 Å². The molecule has 1 unspecified atom stereocenters. The van der Waals surface area contributed by atoms with Crippen LogP contribution in [0.5, 0.6) is 0 Å². The Hall–Kier alpha value is -1.77. The molecule has 0 bridgehead atoms. The molecule has 1 aromatic rings. The standard InChI is InChI=1S/C17H25F3N4O2/c1-4-11(2)24-13(17(18,19)20)5-6-23-15(25)9-14(21-16(23)24)22-7-8-26-10-12(22)3/h9,11-13H,4-8,10H2,1-3H3/t11?,12-,13+/m1/s1. The topological polar surface area (TPSA) is 50.6 Å². The van der Waals surface area contributed by atoms with Crippen molar-refractivity contribution in [3.8, 4) is 0 Å². The molecule has 0 aliphatic carbocycles. The first-order chi connectivity index (χ1) is 12.2. The molecule has 1 saturated heterocycles. The second-order valence-corrected chi connectivity index (χ2v) is 7.03. The molecule has 3 heterocycles. The van der Waals surface area contributed by atoms with Crippen LogP contribution >= 0.6 is 0 Å². The van der Waals surface area contributed by atoms with Gasteiger partial charge in [-0.2, -0.15) is 18.2 Å². The molecule has 2 aliphatic heterocycles. The van der Waals surface area contributed by atoms with E-state index >= 15 is 0 Å². The number of aromatic nitrogens is 2. The Morgan fingerprint density at radius 3 is 2.73 bits per heavy atom. The highest BCUT2D eigenvalue weighted by Gasteiger charge is 2.48. The molecule has 1 aromatic heterocycles. The Morgan fingerprint density at radius 2 is 2.12 bits per heavy atom. The Kier molecular flexibility index (Phi) is 5.18. The highest BCUT2D eigenvalue weighted by Crippen LogP contribution is 2.36. The number of hydrogen-bond acceptors (Lipinski definition) is 5. The van der Waals surface area contributed by atoms with Crippen molar-refractivity contribution in [3.63, 3.8) is 0 Å². The summed E-state index contributed by atoms with van der Waals surface area (Å²) < 4.78 is 47.6. The van der Waals surface area contributed by atoms with Crippen molar-refractivity contribution in [1.29, 1.82) is 0 Å². The van der Waals surface area contributed by atoms with Gasteiger partial charge in [0, 0.05) is 25.2 Å². The molecule has 2 aliphatic rings. The second kappa shape index (κ2) is 7.09. The van der Waals surface area contributed by atoms with Gasteiger partial charge >= 0.3 is 6.18 Å². The molecule has 3 atom stereocenters. The largest absolute Gasteiger partial charge is 0.408 e. The van der Waals surface area contributed by atoms with Crippen LogP contribution in [0.4, 0.5) is 24.9 Å². The van der Waals surface area contributed by atoms with Gasteiger partial charge in [0.05, 0.1) is 19.3 Å². The molecule has 9 heteroatoms. The van der Waals surface area contributed by atoms with Crippen LogP contribution in [0, 0.1) is 0 Å². The van der Waals surface area contributed by atoms with E-state index in [0.717, 1.165) is 0 Å². The van der Waals surface area contributed by atoms with Crippen LogP contribution in [-0.4, -0.2) is 53.6 Å². The molecule has 0 spiro atoms. The van der Waals surface area contributed by atoms with Crippen LogP contribution in [0.3, 0.4) is 0 Å². The highest BCUT2D eigenvalue weighted by molar-refractivity contribution is 5.48. The summed E-state index contributed by atoms with van der Waals surface area (Å²) >= 11 is 0. The van der Waals surface area contributed by atoms with Gasteiger partial charge < -0.3 is 14.5 Å². The Balaban J connectivity index is 2.09. The van der Waals surface area contributed by atoms with Crippen molar-refractivity contribution in [2.75, 3.05) is 29.6 Å². The number of morpholine rings is 1. The molecule has 1 fully saturated rings. The number of alkyl halides is 3. The predicted octanol–water partition coefficient (Wildman–Crippen LogP) is 2.41. The summed E-state index contributed by atoms with van der Waals surface area (Å²) in [5.74, 6) is 0.544. The molecule has 6 nitrogen and oxygen atoms in total. The number of rotatable bonds is 3. The zero-order chi connectivity index (χ0) is 19.1. The van der Waals surface area contributed by atoms with E-state index in [2.05, 4.69) is 4.98 Å². The van der Waals surface area contributed by atoms with Gasteiger partial charge in [-0.05, 0) is 26.7 Å². The lowest BCUT2D eigenvalue weighted by Gasteiger charge is -2.43. The van der Waals surface area contributed by atoms with Crippen LogP contribution in [0.25, 0.3) is 0 Å². The Morgan fingerprint density at radius 1 is 1.38 bits per heavy atom. The first-order valence-corrected chi connectivity index (χ1v) is 9.05. The van der Waals surface area contributed by atoms with Crippen LogP contribution in [0.1, 0.15) is 33.6 Å². The summed E-state index contributed by atoms with van der Waals surface area (Å²) in [7, 11) is 0. The summed E-state index contributed by atoms with van der Waals surface area (Å²) in [6.07, 6.45) is -3.98. The molecule has 3 rings (SSSR count). The third-order valence-electron chi connectivity index (χ3n) is 5.27. The van der Waals surface area contributed by atoms with Gasteiger partial charge in [-0.3, -0.25) is 9.36 Å². The van der Waals surface area contributed by atoms with Crippen molar-refractivity contribution in [2.45, 2.75) is 64.5 Å². The zero-order valence-electron chi connectivity index (χ0n) is 15.3. The number of anilines is 2. The van der Waals surface area contributed by atoms with Gasteiger partial charge in [-0.15, -0.1) is 0 Å². The molecule has 0 saturated carbocycles. The third kappa shape index (κ3) is 3.41. The van der Waals surface area contributed by atoms with Crippen LogP contribution < -0.4 is 15.4 Å². The quantitative estimate of drug-likeness (QED) is 0.813. The fourth-order valence-corrected chi connectivity index (χ4v) is 3.66. The van der Waals surface area contributed by atoms with E-state index in [1.807, 2.05) is 18.7 Å². The summed E-state index contributed by atoms with van der Waals surface area (Å²) in [5, 5.41) is 0. The zero-order valence-corrected chi connectivity index (χ0v) is 15.3. The van der Waals surface area contributed by atoms with Gasteiger partial charge in [-0.1, -0.05) is 6.92 Å². The van der Waals surface area contributed by atoms with Gasteiger partial charge in [-0.25, -0.2) is 0 Å². The molecule has 26 heavy (non-hydrogen) atoms. The lowest BCUT2D eigenvalue weighted by molar-refractivity contribution is -0.154. The fraction of sp³-hybridized carbons (Fsp3) is 0.765. The van der Waals surface area contributed by atoms with E-state index in [-0.39, 0.29) is 36.6 Å². The van der Waals surface area contributed by atoms with Gasteiger partial charge in [0.25, 0.3) is 5.56 Å². The van der Waals surface area contributed by atoms with Crippen molar-refractivity contribution in [2.24, 2.45) is 0 Å². The summed E-state index contributed by atoms with van der Waals surface area (Å²) in [6.45, 7) is 7.11. The van der Waals surface area contributed by atoms with E-state index in [0.29, 0.717) is 32.0 Å². The van der Waals surface area contributed by atoms with E-state index in [9.17, 15) is 18.0 Å². The fourth-order valence-electron chi connectivity index (χ4n) is 3.66. The number of fused-ring (bicyclic) bond motifs is 1. The minimum atomic E-state index is -4.37. The summed E-state index contributed by atoms with van der Waals surface area (Å²) in [6, 6.07) is -0.564. The van der Waals surface area contributed by atoms with Crippen LogP contribution in [-0.2, 0) is 11.3 Å². The summed E-state index contributed by atoms with van der Waals surface area (Å²) in [4.78, 5) is 20.3. The van der Waals surface area contributed by atoms with Crippen molar-refractivity contribution in [3.05, 3.63) is 16.4 Å². The predicted molar refractivity (Wildman–Crippen MR) is 92.8 cm³/mol. The Labute approximate surface area is 150 Å². The minimum Gasteiger partial charge on any atom is -0.377 e. The Bertz CT molecular complexity index is 706. The van der Waals surface area contributed by atoms with E-state index in [4.69, 9.17) is 4.74 Å². The van der Waals surface area contributed by atoms with Crippen molar-refractivity contribution in [1.82, 2.24) is 9.55 Å². The number of halogens is 3. The highest BCUT2D eigenvalue weighted by atomic mass is 19.4. The van der Waals surface area contributed by atoms with Gasteiger partial charge in [0.2, 0.25) is 5.95 Å². The maximum atomic E-state index is 13.6. The molecule has 146 valence electrons. The number of hydrogen-bond donors (Lipinski definition) is 0. The summed E-state index contributed by atoms with van der Waals surface area (Å²) in [5.41, 5.74) is -0.308.